The monoisotopic (exact) mass is 259 g/mol. The number of ketones is 1. The molecule has 1 heterocycles. The summed E-state index contributed by atoms with van der Waals surface area (Å²) in [4.78, 5) is 26.3. The van der Waals surface area contributed by atoms with Crippen LogP contribution in [0.4, 0.5) is 0 Å². The minimum Gasteiger partial charge on any atom is -0.481 e. The van der Waals surface area contributed by atoms with Gasteiger partial charge in [-0.25, -0.2) is 0 Å². The Morgan fingerprint density at radius 2 is 2.16 bits per heavy atom. The van der Waals surface area contributed by atoms with Gasteiger partial charge in [0.15, 0.2) is 5.78 Å². The Kier molecular flexibility index (Phi) is 2.71. The molecule has 0 radical (unpaired) electrons. The lowest BCUT2D eigenvalue weighted by Gasteiger charge is -2.35. The summed E-state index contributed by atoms with van der Waals surface area (Å²) in [7, 11) is 1.89. The number of carbonyl (C=O) groups is 2. The summed E-state index contributed by atoms with van der Waals surface area (Å²) in [6.07, 6.45) is 1.43. The summed E-state index contributed by atoms with van der Waals surface area (Å²) in [6, 6.07) is 7.58. The lowest BCUT2D eigenvalue weighted by atomic mass is 9.65. The molecule has 0 aromatic heterocycles. The van der Waals surface area contributed by atoms with Gasteiger partial charge in [-0.3, -0.25) is 9.59 Å². The summed E-state index contributed by atoms with van der Waals surface area (Å²) in [5.74, 6) is -1.42. The highest BCUT2D eigenvalue weighted by Gasteiger charge is 2.55. The predicted molar refractivity (Wildman–Crippen MR) is 70.1 cm³/mol. The van der Waals surface area contributed by atoms with E-state index in [0.29, 0.717) is 19.5 Å². The van der Waals surface area contributed by atoms with E-state index in [0.717, 1.165) is 17.5 Å². The van der Waals surface area contributed by atoms with Crippen molar-refractivity contribution in [1.82, 2.24) is 4.90 Å². The molecule has 4 heteroatoms. The number of rotatable bonds is 1. The number of nitrogens with zero attached hydrogens (tertiary/aromatic N) is 1. The smallest absolute Gasteiger partial charge is 0.308 e. The Morgan fingerprint density at radius 1 is 1.42 bits per heavy atom. The third-order valence-electron chi connectivity index (χ3n) is 4.57. The summed E-state index contributed by atoms with van der Waals surface area (Å²) in [5, 5.41) is 9.44. The van der Waals surface area contributed by atoms with Gasteiger partial charge in [-0.1, -0.05) is 24.3 Å². The zero-order chi connectivity index (χ0) is 13.6. The van der Waals surface area contributed by atoms with Crippen LogP contribution in [0.1, 0.15) is 22.3 Å². The highest BCUT2D eigenvalue weighted by atomic mass is 16.4. The Bertz CT molecular complexity index is 554. The molecule has 0 bridgehead atoms. The van der Waals surface area contributed by atoms with E-state index >= 15 is 0 Å². The molecular formula is C15H17NO3. The number of fused-ring (bicyclic) bond motifs is 1. The van der Waals surface area contributed by atoms with Gasteiger partial charge in [0.05, 0.1) is 11.3 Å². The Hall–Kier alpha value is -1.68. The Balaban J connectivity index is 2.07. The van der Waals surface area contributed by atoms with Crippen LogP contribution in [0, 0.1) is 11.3 Å². The summed E-state index contributed by atoms with van der Waals surface area (Å²) >= 11 is 0. The van der Waals surface area contributed by atoms with Crippen molar-refractivity contribution in [3.05, 3.63) is 35.4 Å². The first kappa shape index (κ1) is 12.4. The van der Waals surface area contributed by atoms with E-state index in [2.05, 4.69) is 0 Å². The lowest BCUT2D eigenvalue weighted by Crippen LogP contribution is -2.45. The molecule has 1 aromatic rings. The minimum absolute atomic E-state index is 0.0195. The van der Waals surface area contributed by atoms with Crippen LogP contribution in [0.2, 0.25) is 0 Å². The molecule has 1 spiro atoms. The van der Waals surface area contributed by atoms with Gasteiger partial charge in [-0.05, 0) is 25.5 Å². The van der Waals surface area contributed by atoms with Gasteiger partial charge in [0.1, 0.15) is 0 Å². The van der Waals surface area contributed by atoms with E-state index in [4.69, 9.17) is 0 Å². The maximum absolute atomic E-state index is 12.8. The van der Waals surface area contributed by atoms with Crippen LogP contribution in [0.5, 0.6) is 0 Å². The van der Waals surface area contributed by atoms with Gasteiger partial charge in [0, 0.05) is 18.7 Å². The van der Waals surface area contributed by atoms with E-state index in [-0.39, 0.29) is 5.78 Å². The largest absolute Gasteiger partial charge is 0.481 e. The normalized spacial score (nSPS) is 30.6. The van der Waals surface area contributed by atoms with Crippen LogP contribution in [-0.2, 0) is 11.2 Å². The van der Waals surface area contributed by atoms with Crippen LogP contribution in [0.3, 0.4) is 0 Å². The predicted octanol–water partition coefficient (Wildman–Crippen LogP) is 1.45. The maximum atomic E-state index is 12.8. The Labute approximate surface area is 112 Å². The van der Waals surface area contributed by atoms with Gasteiger partial charge >= 0.3 is 5.97 Å². The van der Waals surface area contributed by atoms with E-state index in [1.165, 1.54) is 0 Å². The average Bonchev–Trinajstić information content (AvgIpc) is 2.73. The second-order valence-electron chi connectivity index (χ2n) is 5.73. The number of likely N-dealkylation sites (tertiary alicyclic amines) is 1. The quantitative estimate of drug-likeness (QED) is 0.829. The molecule has 0 amide bonds. The fourth-order valence-electron chi connectivity index (χ4n) is 3.64. The molecule has 1 fully saturated rings. The van der Waals surface area contributed by atoms with E-state index < -0.39 is 17.3 Å². The maximum Gasteiger partial charge on any atom is 0.308 e. The van der Waals surface area contributed by atoms with Crippen molar-refractivity contribution < 1.29 is 14.7 Å². The van der Waals surface area contributed by atoms with Gasteiger partial charge < -0.3 is 10.0 Å². The zero-order valence-electron chi connectivity index (χ0n) is 10.9. The number of carbonyl (C=O) groups excluding carboxylic acids is 1. The lowest BCUT2D eigenvalue weighted by molar-refractivity contribution is -0.144. The van der Waals surface area contributed by atoms with E-state index in [1.807, 2.05) is 36.2 Å². The van der Waals surface area contributed by atoms with Crippen molar-refractivity contribution in [1.29, 1.82) is 0 Å². The number of aryl methyl sites for hydroxylation is 1. The third-order valence-corrected chi connectivity index (χ3v) is 4.57. The number of Topliss-reactive ketones (excluding diaryl/α,β-unsaturated/α-hetero) is 1. The molecule has 1 aromatic carbocycles. The number of aliphatic carboxylic acids is 1. The molecule has 1 saturated heterocycles. The first-order valence-corrected chi connectivity index (χ1v) is 6.59. The molecule has 0 saturated carbocycles. The molecule has 1 aliphatic heterocycles. The Morgan fingerprint density at radius 3 is 2.89 bits per heavy atom. The van der Waals surface area contributed by atoms with E-state index in [1.54, 1.807) is 0 Å². The fraction of sp³-hybridized carbons (Fsp3) is 0.467. The van der Waals surface area contributed by atoms with Gasteiger partial charge in [0.25, 0.3) is 0 Å². The van der Waals surface area contributed by atoms with E-state index in [9.17, 15) is 14.7 Å². The SMILES string of the molecule is CN1CC(C(=O)O)C2(CCc3ccccc3C2=O)C1. The standard InChI is InChI=1S/C15H17NO3/c1-16-8-12(14(18)19)15(9-16)7-6-10-4-2-3-5-11(10)13(15)17/h2-5,12H,6-9H2,1H3,(H,18,19). The average molecular weight is 259 g/mol. The molecule has 100 valence electrons. The highest BCUT2D eigenvalue weighted by molar-refractivity contribution is 6.05. The molecule has 3 rings (SSSR count). The van der Waals surface area contributed by atoms with Crippen molar-refractivity contribution in [2.24, 2.45) is 11.3 Å². The number of carboxylic acids is 1. The van der Waals surface area contributed by atoms with Crippen LogP contribution < -0.4 is 0 Å². The first-order valence-electron chi connectivity index (χ1n) is 6.59. The molecule has 4 nitrogen and oxygen atoms in total. The number of carboxylic acid groups (broad SMARTS) is 1. The summed E-state index contributed by atoms with van der Waals surface area (Å²) in [5.41, 5.74) is 1.04. The molecule has 1 aliphatic carbocycles. The zero-order valence-corrected chi connectivity index (χ0v) is 10.9. The number of hydrogen-bond donors (Lipinski definition) is 1. The molecule has 2 unspecified atom stereocenters. The van der Waals surface area contributed by atoms with Gasteiger partial charge in [0.2, 0.25) is 0 Å². The van der Waals surface area contributed by atoms with Crippen LogP contribution in [0.25, 0.3) is 0 Å². The van der Waals surface area contributed by atoms with Crippen LogP contribution in [0.15, 0.2) is 24.3 Å². The molecule has 1 N–H and O–H groups in total. The first-order chi connectivity index (χ1) is 9.04. The highest BCUT2D eigenvalue weighted by Crippen LogP contribution is 2.45. The second-order valence-corrected chi connectivity index (χ2v) is 5.73. The third kappa shape index (κ3) is 1.70. The van der Waals surface area contributed by atoms with Crippen LogP contribution in [-0.4, -0.2) is 41.9 Å². The summed E-state index contributed by atoms with van der Waals surface area (Å²) in [6.45, 7) is 1.01. The van der Waals surface area contributed by atoms with Crippen LogP contribution >= 0.6 is 0 Å². The van der Waals surface area contributed by atoms with Crippen molar-refractivity contribution in [2.75, 3.05) is 20.1 Å². The fourth-order valence-corrected chi connectivity index (χ4v) is 3.64. The van der Waals surface area contributed by atoms with Gasteiger partial charge in [-0.2, -0.15) is 0 Å². The van der Waals surface area contributed by atoms with Crippen molar-refractivity contribution in [3.8, 4) is 0 Å². The second kappa shape index (κ2) is 4.17. The molecule has 19 heavy (non-hydrogen) atoms. The molecule has 2 atom stereocenters. The van der Waals surface area contributed by atoms with Crippen molar-refractivity contribution >= 4 is 11.8 Å². The summed E-state index contributed by atoms with van der Waals surface area (Å²) < 4.78 is 0. The number of benzene rings is 1. The molecule has 2 aliphatic rings. The van der Waals surface area contributed by atoms with Gasteiger partial charge in [-0.15, -0.1) is 0 Å². The minimum atomic E-state index is -0.850. The molecular weight excluding hydrogens is 242 g/mol. The van der Waals surface area contributed by atoms with Crippen molar-refractivity contribution in [2.45, 2.75) is 12.8 Å². The van der Waals surface area contributed by atoms with Crippen molar-refractivity contribution in [3.63, 3.8) is 0 Å². The number of hydrogen-bond acceptors (Lipinski definition) is 3. The topological polar surface area (TPSA) is 57.6 Å².